The van der Waals surface area contributed by atoms with E-state index < -0.39 is 58.1 Å². The lowest BCUT2D eigenvalue weighted by molar-refractivity contribution is -0.141. The van der Waals surface area contributed by atoms with Crippen LogP contribution in [0.25, 0.3) is 0 Å². The predicted molar refractivity (Wildman–Crippen MR) is 208 cm³/mol. The molecule has 2 aliphatic heterocycles. The Morgan fingerprint density at radius 1 is 0.865 bits per heavy atom. The van der Waals surface area contributed by atoms with Gasteiger partial charge in [-0.15, -0.1) is 0 Å². The van der Waals surface area contributed by atoms with Gasteiger partial charge in [0.1, 0.15) is 12.3 Å². The molecule has 1 saturated heterocycles. The molecule has 0 aliphatic carbocycles. The van der Waals surface area contributed by atoms with Crippen molar-refractivity contribution in [2.45, 2.75) is 150 Å². The molecule has 3 heterocycles. The van der Waals surface area contributed by atoms with Crippen molar-refractivity contribution in [2.75, 3.05) is 19.8 Å². The Bertz CT molecular complexity index is 1610. The van der Waals surface area contributed by atoms with Crippen molar-refractivity contribution >= 4 is 28.6 Å². The molecule has 1 aromatic heterocycles. The standard InChI is InChI=1S/C38H65N3O9Si2/c1-22(2)19-46-34(43)30-24(5)39-25(6)31(35(44)47-20-23(3)4)32(30)26-18-41(36(45)40-33(26)42)29-17-27(50-52(15,16)38(10,11)12)28(49-29)21-48-51(13,14)37(7,8)9/h18,22-23,27-29,32,39H,17,19-21H2,1-16H3,(H,40,42,45)/t27-,28+,29+/m0/s1. The quantitative estimate of drug-likeness (QED) is 0.161. The molecule has 294 valence electrons. The molecule has 3 rings (SSSR count). The number of H-pyrrole nitrogens is 1. The van der Waals surface area contributed by atoms with Gasteiger partial charge >= 0.3 is 17.6 Å². The number of allylic oxidation sites excluding steroid dienone is 2. The number of carbonyl (C=O) groups is 2. The summed E-state index contributed by atoms with van der Waals surface area (Å²) >= 11 is 0. The number of nitrogens with zero attached hydrogens (tertiary/aromatic N) is 1. The van der Waals surface area contributed by atoms with Gasteiger partial charge in [0, 0.05) is 29.6 Å². The highest BCUT2D eigenvalue weighted by Crippen LogP contribution is 2.43. The van der Waals surface area contributed by atoms with Gasteiger partial charge in [-0.25, -0.2) is 14.4 Å². The third-order valence-corrected chi connectivity index (χ3v) is 19.8. The summed E-state index contributed by atoms with van der Waals surface area (Å²) < 4.78 is 32.8. The lowest BCUT2D eigenvalue weighted by atomic mass is 9.81. The molecular formula is C38H65N3O9Si2. The Hall–Kier alpha value is -2.79. The van der Waals surface area contributed by atoms with Gasteiger partial charge in [0.2, 0.25) is 0 Å². The SMILES string of the molecule is CC1=C(C(=O)OCC(C)C)C(c2cn([C@H]3C[C@H](O[Si](C)(C)C(C)(C)C)[C@@H](CO[Si](C)(C)C(C)(C)C)O3)c(=O)[nH]c2=O)C(C(=O)OCC(C)C)=C(C)N1. The van der Waals surface area contributed by atoms with Crippen molar-refractivity contribution in [3.8, 4) is 0 Å². The fourth-order valence-electron chi connectivity index (χ4n) is 5.61. The fourth-order valence-corrected chi connectivity index (χ4v) is 7.99. The minimum Gasteiger partial charge on any atom is -0.462 e. The fraction of sp³-hybridized carbons (Fsp3) is 0.737. The number of rotatable bonds is 13. The van der Waals surface area contributed by atoms with Crippen molar-refractivity contribution < 1.29 is 32.7 Å². The maximum Gasteiger partial charge on any atom is 0.336 e. The second-order valence-electron chi connectivity index (χ2n) is 18.2. The predicted octanol–water partition coefficient (Wildman–Crippen LogP) is 6.87. The van der Waals surface area contributed by atoms with E-state index in [4.69, 9.17) is 23.1 Å². The summed E-state index contributed by atoms with van der Waals surface area (Å²) in [5.41, 5.74) is -0.371. The first-order valence-corrected chi connectivity index (χ1v) is 24.4. The van der Waals surface area contributed by atoms with Crippen LogP contribution < -0.4 is 16.6 Å². The first kappa shape index (κ1) is 43.6. The molecule has 1 fully saturated rings. The third kappa shape index (κ3) is 10.0. The van der Waals surface area contributed by atoms with Gasteiger partial charge in [-0.1, -0.05) is 69.2 Å². The number of esters is 2. The topological polar surface area (TPSA) is 147 Å². The van der Waals surface area contributed by atoms with Gasteiger partial charge in [-0.2, -0.15) is 0 Å². The zero-order chi connectivity index (χ0) is 39.7. The van der Waals surface area contributed by atoms with Crippen molar-refractivity contribution in [3.05, 3.63) is 55.1 Å². The molecule has 0 unspecified atom stereocenters. The molecule has 12 nitrogen and oxygen atoms in total. The van der Waals surface area contributed by atoms with Crippen LogP contribution in [0.15, 0.2) is 38.3 Å². The summed E-state index contributed by atoms with van der Waals surface area (Å²) in [7, 11) is -4.47. The molecule has 1 aromatic rings. The first-order chi connectivity index (χ1) is 23.7. The normalized spacial score (nSPS) is 20.9. The number of aromatic amines is 1. The van der Waals surface area contributed by atoms with E-state index >= 15 is 0 Å². The van der Waals surface area contributed by atoms with Crippen molar-refractivity contribution in [2.24, 2.45) is 11.8 Å². The number of nitrogens with one attached hydrogen (secondary N) is 2. The third-order valence-electron chi connectivity index (χ3n) is 10.8. The van der Waals surface area contributed by atoms with Gasteiger partial charge in [0.25, 0.3) is 5.56 Å². The van der Waals surface area contributed by atoms with E-state index in [1.165, 1.54) is 10.8 Å². The number of ether oxygens (including phenoxy) is 3. The minimum absolute atomic E-state index is 0.0132. The maximum atomic E-state index is 13.8. The van der Waals surface area contributed by atoms with E-state index in [2.05, 4.69) is 78.0 Å². The zero-order valence-electron chi connectivity index (χ0n) is 34.5. The Kier molecular flexibility index (Phi) is 13.7. The summed E-state index contributed by atoms with van der Waals surface area (Å²) in [6, 6.07) is 0. The molecular weight excluding hydrogens is 699 g/mol. The Labute approximate surface area is 312 Å². The monoisotopic (exact) mass is 763 g/mol. The molecule has 3 atom stereocenters. The summed E-state index contributed by atoms with van der Waals surface area (Å²) in [5.74, 6) is -2.44. The summed E-state index contributed by atoms with van der Waals surface area (Å²) in [5, 5.41) is 3.02. The molecule has 2 N–H and O–H groups in total. The number of carbonyl (C=O) groups excluding carboxylic acids is 2. The molecule has 0 amide bonds. The first-order valence-electron chi connectivity index (χ1n) is 18.5. The minimum atomic E-state index is -2.30. The highest BCUT2D eigenvalue weighted by atomic mass is 28.4. The average molecular weight is 764 g/mol. The molecule has 0 aromatic carbocycles. The van der Waals surface area contributed by atoms with Crippen LogP contribution in [0.5, 0.6) is 0 Å². The average Bonchev–Trinajstić information content (AvgIpc) is 3.37. The van der Waals surface area contributed by atoms with Crippen molar-refractivity contribution in [1.82, 2.24) is 14.9 Å². The molecule has 2 aliphatic rings. The lowest BCUT2D eigenvalue weighted by Crippen LogP contribution is -2.48. The van der Waals surface area contributed by atoms with Crippen LogP contribution in [0.1, 0.15) is 107 Å². The van der Waals surface area contributed by atoms with Gasteiger partial charge < -0.3 is 28.4 Å². The van der Waals surface area contributed by atoms with E-state index in [1.54, 1.807) is 13.8 Å². The van der Waals surface area contributed by atoms with Crippen LogP contribution in [0.2, 0.25) is 36.3 Å². The van der Waals surface area contributed by atoms with Gasteiger partial charge in [-0.3, -0.25) is 14.3 Å². The summed E-state index contributed by atoms with van der Waals surface area (Å²) in [6.07, 6.45) is 0.0433. The maximum absolute atomic E-state index is 13.8. The molecule has 52 heavy (non-hydrogen) atoms. The van der Waals surface area contributed by atoms with E-state index in [0.717, 1.165) is 0 Å². The molecule has 0 saturated carbocycles. The number of aromatic nitrogens is 2. The van der Waals surface area contributed by atoms with Crippen molar-refractivity contribution in [3.63, 3.8) is 0 Å². The van der Waals surface area contributed by atoms with E-state index in [-0.39, 0.29) is 64.5 Å². The van der Waals surface area contributed by atoms with Crippen LogP contribution in [-0.2, 0) is 32.7 Å². The van der Waals surface area contributed by atoms with E-state index in [0.29, 0.717) is 17.8 Å². The highest BCUT2D eigenvalue weighted by molar-refractivity contribution is 6.74. The second-order valence-corrected chi connectivity index (χ2v) is 27.8. The number of dihydropyridines is 1. The molecule has 14 heteroatoms. The zero-order valence-corrected chi connectivity index (χ0v) is 36.5. The number of hydrogen-bond acceptors (Lipinski definition) is 10. The van der Waals surface area contributed by atoms with Gasteiger partial charge in [0.05, 0.1) is 43.0 Å². The van der Waals surface area contributed by atoms with Gasteiger partial charge in [-0.05, 0) is 61.9 Å². The lowest BCUT2D eigenvalue weighted by Gasteiger charge is -2.40. The van der Waals surface area contributed by atoms with Gasteiger partial charge in [0.15, 0.2) is 16.6 Å². The highest BCUT2D eigenvalue weighted by Gasteiger charge is 2.47. The van der Waals surface area contributed by atoms with Crippen molar-refractivity contribution in [1.29, 1.82) is 0 Å². The number of hydrogen-bond donors (Lipinski definition) is 2. The Morgan fingerprint density at radius 2 is 1.35 bits per heavy atom. The molecule has 0 bridgehead atoms. The summed E-state index contributed by atoms with van der Waals surface area (Å²) in [6.45, 7) is 33.4. The van der Waals surface area contributed by atoms with Crippen LogP contribution in [0.4, 0.5) is 0 Å². The van der Waals surface area contributed by atoms with E-state index in [1.807, 2.05) is 27.7 Å². The smallest absolute Gasteiger partial charge is 0.336 e. The molecule has 0 spiro atoms. The Balaban J connectivity index is 2.17. The van der Waals surface area contributed by atoms with Crippen LogP contribution in [-0.4, -0.2) is 70.2 Å². The van der Waals surface area contributed by atoms with Crippen LogP contribution >= 0.6 is 0 Å². The van der Waals surface area contributed by atoms with Crippen LogP contribution in [0.3, 0.4) is 0 Å². The van der Waals surface area contributed by atoms with Crippen LogP contribution in [0, 0.1) is 11.8 Å². The largest absolute Gasteiger partial charge is 0.462 e. The molecule has 0 radical (unpaired) electrons. The van der Waals surface area contributed by atoms with E-state index in [9.17, 15) is 19.2 Å². The second kappa shape index (κ2) is 16.3. The summed E-state index contributed by atoms with van der Waals surface area (Å²) in [4.78, 5) is 57.4. The Morgan fingerprint density at radius 3 is 1.79 bits per heavy atom.